The highest BCUT2D eigenvalue weighted by Crippen LogP contribution is 2.35. The lowest BCUT2D eigenvalue weighted by Crippen LogP contribution is -2.06. The number of aromatic amines is 1. The van der Waals surface area contributed by atoms with Crippen molar-refractivity contribution in [2.24, 2.45) is 0 Å². The van der Waals surface area contributed by atoms with Crippen LogP contribution in [0.5, 0.6) is 5.75 Å². The molecule has 0 bridgehead atoms. The summed E-state index contributed by atoms with van der Waals surface area (Å²) in [4.78, 5) is 19.5. The normalized spacial score (nSPS) is 10.9. The minimum absolute atomic E-state index is 0.0710. The van der Waals surface area contributed by atoms with E-state index >= 15 is 0 Å². The molecule has 124 valence electrons. The first kappa shape index (κ1) is 16.3. The third kappa shape index (κ3) is 2.59. The standard InChI is InChI=1S/C17H14ClFN2O3/c1-8-6-10-13(20-8)7-12(21-15(10)17(22)24-3)9-4-5-11(18)16(23-2)14(9)19/h4-7,20H,1-3H3. The van der Waals surface area contributed by atoms with Gasteiger partial charge in [-0.1, -0.05) is 11.6 Å². The average molecular weight is 349 g/mol. The van der Waals surface area contributed by atoms with Gasteiger partial charge in [-0.3, -0.25) is 0 Å². The first-order chi connectivity index (χ1) is 11.5. The number of carbonyl (C=O) groups is 1. The summed E-state index contributed by atoms with van der Waals surface area (Å²) in [6, 6.07) is 6.46. The maximum atomic E-state index is 14.7. The van der Waals surface area contributed by atoms with Gasteiger partial charge in [0.25, 0.3) is 0 Å². The van der Waals surface area contributed by atoms with Crippen LogP contribution in [-0.4, -0.2) is 30.2 Å². The van der Waals surface area contributed by atoms with Gasteiger partial charge in [-0.2, -0.15) is 0 Å². The summed E-state index contributed by atoms with van der Waals surface area (Å²) in [6.07, 6.45) is 0. The van der Waals surface area contributed by atoms with Gasteiger partial charge < -0.3 is 14.5 Å². The molecule has 5 nitrogen and oxygen atoms in total. The number of aromatic nitrogens is 2. The maximum Gasteiger partial charge on any atom is 0.357 e. The second kappa shape index (κ2) is 6.13. The zero-order valence-electron chi connectivity index (χ0n) is 13.2. The predicted octanol–water partition coefficient (Wildman–Crippen LogP) is 4.13. The fourth-order valence-electron chi connectivity index (χ4n) is 2.58. The molecule has 1 N–H and O–H groups in total. The van der Waals surface area contributed by atoms with Crippen molar-refractivity contribution >= 4 is 28.5 Å². The van der Waals surface area contributed by atoms with Gasteiger partial charge in [0.2, 0.25) is 0 Å². The molecular formula is C17H14ClFN2O3. The Kier molecular flexibility index (Phi) is 4.15. The van der Waals surface area contributed by atoms with E-state index in [0.29, 0.717) is 10.9 Å². The molecule has 0 atom stereocenters. The van der Waals surface area contributed by atoms with Crippen LogP contribution in [0.15, 0.2) is 24.3 Å². The molecule has 2 heterocycles. The van der Waals surface area contributed by atoms with Crippen LogP contribution >= 0.6 is 11.6 Å². The third-order valence-corrected chi connectivity index (χ3v) is 3.96. The van der Waals surface area contributed by atoms with E-state index in [9.17, 15) is 9.18 Å². The van der Waals surface area contributed by atoms with Crippen LogP contribution in [0.25, 0.3) is 22.2 Å². The first-order valence-electron chi connectivity index (χ1n) is 7.07. The number of pyridine rings is 1. The lowest BCUT2D eigenvalue weighted by atomic mass is 10.1. The number of ether oxygens (including phenoxy) is 2. The Morgan fingerprint density at radius 3 is 2.71 bits per heavy atom. The number of aryl methyl sites for hydroxylation is 1. The molecule has 0 radical (unpaired) electrons. The molecule has 0 unspecified atom stereocenters. The van der Waals surface area contributed by atoms with E-state index in [1.165, 1.54) is 26.4 Å². The molecule has 0 saturated heterocycles. The summed E-state index contributed by atoms with van der Waals surface area (Å²) in [5.41, 5.74) is 2.07. The van der Waals surface area contributed by atoms with Crippen molar-refractivity contribution in [2.75, 3.05) is 14.2 Å². The SMILES string of the molecule is COC(=O)c1nc(-c2ccc(Cl)c(OC)c2F)cc2[nH]c(C)cc12. The number of esters is 1. The number of benzene rings is 1. The molecule has 3 rings (SSSR count). The second-order valence-electron chi connectivity index (χ2n) is 5.20. The first-order valence-corrected chi connectivity index (χ1v) is 7.45. The summed E-state index contributed by atoms with van der Waals surface area (Å²) < 4.78 is 24.4. The van der Waals surface area contributed by atoms with Crippen LogP contribution in [-0.2, 0) is 4.74 Å². The minimum Gasteiger partial charge on any atom is -0.492 e. The van der Waals surface area contributed by atoms with E-state index in [4.69, 9.17) is 21.1 Å². The molecule has 2 aromatic heterocycles. The molecule has 0 fully saturated rings. The quantitative estimate of drug-likeness (QED) is 0.723. The topological polar surface area (TPSA) is 64.2 Å². The van der Waals surface area contributed by atoms with E-state index < -0.39 is 11.8 Å². The smallest absolute Gasteiger partial charge is 0.357 e. The Labute approximate surface area is 142 Å². The number of nitrogens with one attached hydrogen (secondary N) is 1. The van der Waals surface area contributed by atoms with Gasteiger partial charge in [0, 0.05) is 16.6 Å². The van der Waals surface area contributed by atoms with Crippen molar-refractivity contribution in [3.63, 3.8) is 0 Å². The van der Waals surface area contributed by atoms with E-state index in [1.54, 1.807) is 12.1 Å². The lowest BCUT2D eigenvalue weighted by Gasteiger charge is -2.10. The van der Waals surface area contributed by atoms with Gasteiger partial charge >= 0.3 is 5.97 Å². The molecule has 0 aliphatic rings. The number of H-pyrrole nitrogens is 1. The Morgan fingerprint density at radius 2 is 2.04 bits per heavy atom. The molecule has 0 aliphatic heterocycles. The zero-order valence-corrected chi connectivity index (χ0v) is 14.0. The van der Waals surface area contributed by atoms with E-state index in [1.807, 2.05) is 6.92 Å². The molecule has 0 saturated carbocycles. The van der Waals surface area contributed by atoms with Crippen molar-refractivity contribution < 1.29 is 18.7 Å². The highest BCUT2D eigenvalue weighted by molar-refractivity contribution is 6.32. The predicted molar refractivity (Wildman–Crippen MR) is 89.1 cm³/mol. The third-order valence-electron chi connectivity index (χ3n) is 3.66. The van der Waals surface area contributed by atoms with Crippen LogP contribution < -0.4 is 4.74 Å². The van der Waals surface area contributed by atoms with E-state index in [0.717, 1.165) is 5.69 Å². The number of methoxy groups -OCH3 is 2. The highest BCUT2D eigenvalue weighted by Gasteiger charge is 2.20. The molecular weight excluding hydrogens is 335 g/mol. The number of carbonyl (C=O) groups excluding carboxylic acids is 1. The van der Waals surface area contributed by atoms with Crippen LogP contribution in [0.4, 0.5) is 4.39 Å². The molecule has 0 aliphatic carbocycles. The van der Waals surface area contributed by atoms with Crippen molar-refractivity contribution in [3.05, 3.63) is 46.5 Å². The van der Waals surface area contributed by atoms with Gasteiger partial charge in [0.15, 0.2) is 17.3 Å². The number of rotatable bonds is 3. The van der Waals surface area contributed by atoms with E-state index in [2.05, 4.69) is 9.97 Å². The minimum atomic E-state index is -0.643. The number of hydrogen-bond donors (Lipinski definition) is 1. The van der Waals surface area contributed by atoms with Gasteiger partial charge in [-0.25, -0.2) is 14.2 Å². The van der Waals surface area contributed by atoms with E-state index in [-0.39, 0.29) is 27.7 Å². The van der Waals surface area contributed by atoms with Crippen LogP contribution in [0, 0.1) is 12.7 Å². The van der Waals surface area contributed by atoms with Crippen molar-refractivity contribution in [2.45, 2.75) is 6.92 Å². The summed E-state index contributed by atoms with van der Waals surface area (Å²) >= 11 is 5.93. The van der Waals surface area contributed by atoms with Crippen molar-refractivity contribution in [1.82, 2.24) is 9.97 Å². The largest absolute Gasteiger partial charge is 0.492 e. The fraction of sp³-hybridized carbons (Fsp3) is 0.176. The summed E-state index contributed by atoms with van der Waals surface area (Å²) in [6.45, 7) is 1.85. The Morgan fingerprint density at radius 1 is 1.29 bits per heavy atom. The molecule has 0 amide bonds. The fourth-order valence-corrected chi connectivity index (χ4v) is 2.80. The monoisotopic (exact) mass is 348 g/mol. The molecule has 7 heteroatoms. The zero-order chi connectivity index (χ0) is 17.4. The Bertz CT molecular complexity index is 953. The Hall–Kier alpha value is -2.60. The number of nitrogens with zero attached hydrogens (tertiary/aromatic N) is 1. The average Bonchev–Trinajstić information content (AvgIpc) is 2.93. The molecule has 24 heavy (non-hydrogen) atoms. The van der Waals surface area contributed by atoms with Gasteiger partial charge in [-0.05, 0) is 31.2 Å². The second-order valence-corrected chi connectivity index (χ2v) is 5.61. The number of hydrogen-bond acceptors (Lipinski definition) is 4. The van der Waals surface area contributed by atoms with Gasteiger partial charge in [-0.15, -0.1) is 0 Å². The molecule has 3 aromatic rings. The van der Waals surface area contributed by atoms with Crippen molar-refractivity contribution in [3.8, 4) is 17.0 Å². The molecule has 0 spiro atoms. The number of fused-ring (bicyclic) bond motifs is 1. The van der Waals surface area contributed by atoms with Gasteiger partial charge in [0.05, 0.1) is 30.5 Å². The van der Waals surface area contributed by atoms with Crippen LogP contribution in [0.2, 0.25) is 5.02 Å². The highest BCUT2D eigenvalue weighted by atomic mass is 35.5. The van der Waals surface area contributed by atoms with Crippen molar-refractivity contribution in [1.29, 1.82) is 0 Å². The lowest BCUT2D eigenvalue weighted by molar-refractivity contribution is 0.0596. The molecule has 1 aromatic carbocycles. The number of halogens is 2. The summed E-state index contributed by atoms with van der Waals surface area (Å²) in [5.74, 6) is -1.31. The maximum absolute atomic E-state index is 14.7. The summed E-state index contributed by atoms with van der Waals surface area (Å²) in [5, 5.41) is 0.771. The van der Waals surface area contributed by atoms with Crippen LogP contribution in [0.1, 0.15) is 16.2 Å². The summed E-state index contributed by atoms with van der Waals surface area (Å²) in [7, 11) is 2.60. The van der Waals surface area contributed by atoms with Gasteiger partial charge in [0.1, 0.15) is 0 Å². The van der Waals surface area contributed by atoms with Crippen LogP contribution in [0.3, 0.4) is 0 Å². The Balaban J connectivity index is 2.29.